The maximum absolute atomic E-state index is 13.1. The van der Waals surface area contributed by atoms with Crippen molar-refractivity contribution in [3.8, 4) is 0 Å². The summed E-state index contributed by atoms with van der Waals surface area (Å²) in [5.41, 5.74) is 3.22. The molecule has 0 aliphatic heterocycles. The summed E-state index contributed by atoms with van der Waals surface area (Å²) < 4.78 is 7.51. The van der Waals surface area contributed by atoms with Crippen molar-refractivity contribution < 1.29 is 9.21 Å². The third kappa shape index (κ3) is 4.25. The molecule has 28 heavy (non-hydrogen) atoms. The lowest BCUT2D eigenvalue weighted by molar-refractivity contribution is 0.102. The Hall–Kier alpha value is -3.08. The van der Waals surface area contributed by atoms with Crippen LogP contribution in [0.3, 0.4) is 0 Å². The van der Waals surface area contributed by atoms with Crippen molar-refractivity contribution >= 4 is 11.6 Å². The van der Waals surface area contributed by atoms with Crippen molar-refractivity contribution in [1.29, 1.82) is 0 Å². The maximum Gasteiger partial charge on any atom is 0.261 e. The molecule has 0 fully saturated rings. The van der Waals surface area contributed by atoms with Crippen LogP contribution in [0.1, 0.15) is 52.8 Å². The minimum absolute atomic E-state index is 0.217. The van der Waals surface area contributed by atoms with Gasteiger partial charge in [0, 0.05) is 23.1 Å². The van der Waals surface area contributed by atoms with E-state index in [1.807, 2.05) is 54.8 Å². The number of aryl methyl sites for hydroxylation is 2. The van der Waals surface area contributed by atoms with Gasteiger partial charge in [-0.15, -0.1) is 0 Å². The summed E-state index contributed by atoms with van der Waals surface area (Å²) in [7, 11) is 0. The van der Waals surface area contributed by atoms with Gasteiger partial charge in [0.15, 0.2) is 5.43 Å². The molecule has 2 aromatic heterocycles. The number of benzene rings is 1. The smallest absolute Gasteiger partial charge is 0.261 e. The van der Waals surface area contributed by atoms with E-state index in [4.69, 9.17) is 4.42 Å². The van der Waals surface area contributed by atoms with Gasteiger partial charge in [0.2, 0.25) is 0 Å². The lowest BCUT2D eigenvalue weighted by Crippen LogP contribution is -2.28. The summed E-state index contributed by atoms with van der Waals surface area (Å²) >= 11 is 0. The Balaban J connectivity index is 2.06. The van der Waals surface area contributed by atoms with E-state index in [0.29, 0.717) is 18.7 Å². The van der Waals surface area contributed by atoms with Crippen molar-refractivity contribution in [3.63, 3.8) is 0 Å². The molecular formula is C23H26N2O3. The summed E-state index contributed by atoms with van der Waals surface area (Å²) in [6, 6.07) is 12.8. The number of amides is 1. The van der Waals surface area contributed by atoms with Crippen molar-refractivity contribution in [1.82, 2.24) is 4.57 Å². The second-order valence-electron chi connectivity index (χ2n) is 7.01. The number of anilines is 1. The Morgan fingerprint density at radius 1 is 1.14 bits per heavy atom. The van der Waals surface area contributed by atoms with E-state index in [-0.39, 0.29) is 16.9 Å². The molecule has 0 radical (unpaired) electrons. The molecule has 0 spiro atoms. The van der Waals surface area contributed by atoms with E-state index in [2.05, 4.69) is 12.2 Å². The highest BCUT2D eigenvalue weighted by atomic mass is 16.3. The molecule has 3 aromatic rings. The summed E-state index contributed by atoms with van der Waals surface area (Å²) in [4.78, 5) is 25.9. The normalized spacial score (nSPS) is 10.8. The van der Waals surface area contributed by atoms with E-state index in [1.54, 1.807) is 6.26 Å². The maximum atomic E-state index is 13.1. The van der Waals surface area contributed by atoms with Crippen LogP contribution in [-0.4, -0.2) is 10.5 Å². The molecule has 0 aliphatic rings. The summed E-state index contributed by atoms with van der Waals surface area (Å²) in [6.45, 7) is 6.40. The fourth-order valence-corrected chi connectivity index (χ4v) is 3.35. The van der Waals surface area contributed by atoms with Crippen LogP contribution < -0.4 is 10.7 Å². The molecule has 3 rings (SSSR count). The quantitative estimate of drug-likeness (QED) is 0.648. The first-order valence-electron chi connectivity index (χ1n) is 9.64. The Labute approximate surface area is 165 Å². The Kier molecular flexibility index (Phi) is 6.14. The predicted octanol–water partition coefficient (Wildman–Crippen LogP) is 4.70. The van der Waals surface area contributed by atoms with Gasteiger partial charge in [0.05, 0.1) is 12.8 Å². The van der Waals surface area contributed by atoms with Crippen LogP contribution in [0.2, 0.25) is 0 Å². The summed E-state index contributed by atoms with van der Waals surface area (Å²) in [5, 5.41) is 2.91. The average Bonchev–Trinajstić information content (AvgIpc) is 3.17. The average molecular weight is 378 g/mol. The van der Waals surface area contributed by atoms with Crippen LogP contribution in [-0.2, 0) is 13.0 Å². The third-order valence-electron chi connectivity index (χ3n) is 4.91. The monoisotopic (exact) mass is 378 g/mol. The topological polar surface area (TPSA) is 64.2 Å². The SMILES string of the molecule is CCCCc1c(C(=O)Nc2ccccc2C)c(=O)cc(C)n1Cc1ccco1. The Bertz CT molecular complexity index is 1020. The van der Waals surface area contributed by atoms with Gasteiger partial charge in [-0.05, 0) is 50.5 Å². The molecule has 146 valence electrons. The molecule has 0 bridgehead atoms. The van der Waals surface area contributed by atoms with E-state index in [9.17, 15) is 9.59 Å². The number of nitrogens with one attached hydrogen (secondary N) is 1. The number of carbonyl (C=O) groups excluding carboxylic acids is 1. The zero-order valence-electron chi connectivity index (χ0n) is 16.6. The van der Waals surface area contributed by atoms with E-state index < -0.39 is 0 Å². The van der Waals surface area contributed by atoms with Gasteiger partial charge in [-0.3, -0.25) is 9.59 Å². The second kappa shape index (κ2) is 8.74. The van der Waals surface area contributed by atoms with Gasteiger partial charge in [-0.25, -0.2) is 0 Å². The molecule has 2 heterocycles. The molecule has 5 heteroatoms. The first-order chi connectivity index (χ1) is 13.5. The number of unbranched alkanes of at least 4 members (excludes halogenated alkanes) is 1. The largest absolute Gasteiger partial charge is 0.467 e. The van der Waals surface area contributed by atoms with Gasteiger partial charge in [-0.1, -0.05) is 31.5 Å². The Morgan fingerprint density at radius 2 is 1.93 bits per heavy atom. The second-order valence-corrected chi connectivity index (χ2v) is 7.01. The number of rotatable bonds is 7. The predicted molar refractivity (Wildman–Crippen MR) is 111 cm³/mol. The molecule has 0 aliphatic carbocycles. The lowest BCUT2D eigenvalue weighted by Gasteiger charge is -2.19. The zero-order valence-corrected chi connectivity index (χ0v) is 16.6. The fourth-order valence-electron chi connectivity index (χ4n) is 3.35. The van der Waals surface area contributed by atoms with Crippen molar-refractivity contribution in [2.45, 2.75) is 46.6 Å². The van der Waals surface area contributed by atoms with Gasteiger partial charge in [0.25, 0.3) is 5.91 Å². The zero-order chi connectivity index (χ0) is 20.1. The van der Waals surface area contributed by atoms with Crippen LogP contribution in [0.4, 0.5) is 5.69 Å². The number of furan rings is 1. The van der Waals surface area contributed by atoms with E-state index in [0.717, 1.165) is 35.6 Å². The van der Waals surface area contributed by atoms with Crippen molar-refractivity contribution in [2.24, 2.45) is 0 Å². The van der Waals surface area contributed by atoms with Crippen molar-refractivity contribution in [3.05, 3.63) is 87.2 Å². The van der Waals surface area contributed by atoms with Gasteiger partial charge in [0.1, 0.15) is 11.3 Å². The highest BCUT2D eigenvalue weighted by molar-refractivity contribution is 6.05. The molecule has 0 unspecified atom stereocenters. The molecule has 1 aromatic carbocycles. The lowest BCUT2D eigenvalue weighted by atomic mass is 10.0. The van der Waals surface area contributed by atoms with Crippen LogP contribution in [0.15, 0.2) is 57.9 Å². The van der Waals surface area contributed by atoms with E-state index >= 15 is 0 Å². The molecule has 0 atom stereocenters. The number of hydrogen-bond acceptors (Lipinski definition) is 3. The van der Waals surface area contributed by atoms with Gasteiger partial charge < -0.3 is 14.3 Å². The molecule has 0 saturated carbocycles. The fraction of sp³-hybridized carbons (Fsp3) is 0.304. The van der Waals surface area contributed by atoms with Crippen LogP contribution in [0.25, 0.3) is 0 Å². The number of pyridine rings is 1. The van der Waals surface area contributed by atoms with E-state index in [1.165, 1.54) is 6.07 Å². The van der Waals surface area contributed by atoms with Gasteiger partial charge in [-0.2, -0.15) is 0 Å². The minimum atomic E-state index is -0.362. The third-order valence-corrected chi connectivity index (χ3v) is 4.91. The summed E-state index contributed by atoms with van der Waals surface area (Å²) in [5.74, 6) is 0.424. The highest BCUT2D eigenvalue weighted by Gasteiger charge is 2.21. The number of nitrogens with zero attached hydrogens (tertiary/aromatic N) is 1. The molecular weight excluding hydrogens is 352 g/mol. The van der Waals surface area contributed by atoms with Crippen molar-refractivity contribution in [2.75, 3.05) is 5.32 Å². The van der Waals surface area contributed by atoms with Gasteiger partial charge >= 0.3 is 0 Å². The first-order valence-corrected chi connectivity index (χ1v) is 9.64. The molecule has 5 nitrogen and oxygen atoms in total. The van der Waals surface area contributed by atoms with Crippen LogP contribution in [0.5, 0.6) is 0 Å². The first kappa shape index (κ1) is 19.7. The standard InChI is InChI=1S/C23H26N2O3/c1-4-5-12-20-22(23(27)24-19-11-7-6-9-16(19)2)21(26)14-17(3)25(20)15-18-10-8-13-28-18/h6-11,13-14H,4-5,12,15H2,1-3H3,(H,24,27). The van der Waals surface area contributed by atoms with Crippen LogP contribution >= 0.6 is 0 Å². The molecule has 1 amide bonds. The molecule has 0 saturated heterocycles. The highest BCUT2D eigenvalue weighted by Crippen LogP contribution is 2.19. The summed E-state index contributed by atoms with van der Waals surface area (Å²) in [6.07, 6.45) is 4.16. The number of hydrogen-bond donors (Lipinski definition) is 1. The minimum Gasteiger partial charge on any atom is -0.467 e. The number of aromatic nitrogens is 1. The Morgan fingerprint density at radius 3 is 2.61 bits per heavy atom. The van der Waals surface area contributed by atoms with Crippen LogP contribution in [0, 0.1) is 13.8 Å². The number of carbonyl (C=O) groups is 1. The number of para-hydroxylation sites is 1. The molecule has 1 N–H and O–H groups in total.